The fourth-order valence-corrected chi connectivity index (χ4v) is 3.60. The van der Waals surface area contributed by atoms with Gasteiger partial charge in [-0.3, -0.25) is 10.1 Å². The van der Waals surface area contributed by atoms with Crippen LogP contribution in [0, 0.1) is 10.1 Å². The summed E-state index contributed by atoms with van der Waals surface area (Å²) in [6, 6.07) is 11.7. The lowest BCUT2D eigenvalue weighted by molar-refractivity contribution is -0.387. The zero-order chi connectivity index (χ0) is 16.4. The van der Waals surface area contributed by atoms with Crippen molar-refractivity contribution in [3.05, 3.63) is 58.1 Å². The summed E-state index contributed by atoms with van der Waals surface area (Å²) in [7, 11) is 0. The van der Waals surface area contributed by atoms with Crippen molar-refractivity contribution in [1.29, 1.82) is 0 Å². The van der Waals surface area contributed by atoms with E-state index in [0.717, 1.165) is 21.5 Å². The Balaban J connectivity index is 2.10. The Labute approximate surface area is 136 Å². The number of benzene rings is 2. The van der Waals surface area contributed by atoms with Crippen LogP contribution in [0.2, 0.25) is 0 Å². The Hall–Kier alpha value is -2.51. The molecule has 0 atom stereocenters. The number of H-pyrrole nitrogens is 1. The summed E-state index contributed by atoms with van der Waals surface area (Å²) in [6.07, 6.45) is 0.617. The van der Waals surface area contributed by atoms with Crippen molar-refractivity contribution in [1.82, 2.24) is 4.98 Å². The number of rotatable bonds is 5. The van der Waals surface area contributed by atoms with Crippen LogP contribution < -0.4 is 5.73 Å². The largest absolute Gasteiger partial charge is 0.508 e. The maximum absolute atomic E-state index is 11.2. The Bertz CT molecular complexity index is 876. The molecule has 0 aliphatic heterocycles. The van der Waals surface area contributed by atoms with E-state index in [1.807, 2.05) is 0 Å². The molecule has 6 nitrogen and oxygen atoms in total. The molecule has 2 aromatic carbocycles. The smallest absolute Gasteiger partial charge is 0.283 e. The number of hydrogen-bond donors (Lipinski definition) is 3. The third-order valence-corrected chi connectivity index (χ3v) is 4.64. The molecule has 0 aliphatic carbocycles. The number of aromatic hydroxyl groups is 1. The number of aromatic amines is 1. The molecule has 1 heterocycles. The molecule has 4 N–H and O–H groups in total. The van der Waals surface area contributed by atoms with E-state index in [9.17, 15) is 15.2 Å². The summed E-state index contributed by atoms with van der Waals surface area (Å²) in [5, 5.41) is 22.6. The van der Waals surface area contributed by atoms with Crippen molar-refractivity contribution in [3.8, 4) is 5.75 Å². The molecular weight excluding hydrogens is 314 g/mol. The molecule has 23 heavy (non-hydrogen) atoms. The highest BCUT2D eigenvalue weighted by atomic mass is 32.2. The predicted octanol–water partition coefficient (Wildman–Crippen LogP) is 3.43. The van der Waals surface area contributed by atoms with Gasteiger partial charge in [-0.1, -0.05) is 23.9 Å². The predicted molar refractivity (Wildman–Crippen MR) is 89.9 cm³/mol. The Morgan fingerprint density at radius 1 is 1.26 bits per heavy atom. The molecule has 0 fully saturated rings. The molecule has 3 aromatic rings. The summed E-state index contributed by atoms with van der Waals surface area (Å²) >= 11 is 1.31. The average Bonchev–Trinajstić information content (AvgIpc) is 2.85. The first-order valence-electron chi connectivity index (χ1n) is 7.05. The number of nitrogens with zero attached hydrogens (tertiary/aromatic N) is 1. The van der Waals surface area contributed by atoms with Gasteiger partial charge in [0.05, 0.1) is 14.8 Å². The molecule has 1 aromatic heterocycles. The summed E-state index contributed by atoms with van der Waals surface area (Å²) in [6.45, 7) is 0.451. The van der Waals surface area contributed by atoms with E-state index in [-0.39, 0.29) is 16.4 Å². The Morgan fingerprint density at radius 3 is 2.78 bits per heavy atom. The maximum atomic E-state index is 11.2. The van der Waals surface area contributed by atoms with Gasteiger partial charge < -0.3 is 15.8 Å². The van der Waals surface area contributed by atoms with Crippen LogP contribution in [0.4, 0.5) is 5.69 Å². The number of nitrogens with one attached hydrogen (secondary N) is 1. The highest BCUT2D eigenvalue weighted by molar-refractivity contribution is 7.99. The molecule has 0 aliphatic rings. The number of aromatic nitrogens is 1. The first kappa shape index (κ1) is 15.4. The molecule has 3 rings (SSSR count). The first-order chi connectivity index (χ1) is 11.1. The fourth-order valence-electron chi connectivity index (χ4n) is 2.49. The van der Waals surface area contributed by atoms with Gasteiger partial charge in [0, 0.05) is 17.0 Å². The number of phenols is 1. The number of hydrogen-bond acceptors (Lipinski definition) is 5. The molecule has 0 unspecified atom stereocenters. The molecule has 0 amide bonds. The number of fused-ring (bicyclic) bond motifs is 1. The molecule has 0 bridgehead atoms. The third kappa shape index (κ3) is 3.01. The molecule has 0 spiro atoms. The summed E-state index contributed by atoms with van der Waals surface area (Å²) in [4.78, 5) is 14.6. The van der Waals surface area contributed by atoms with Crippen LogP contribution in [0.15, 0.2) is 52.4 Å². The van der Waals surface area contributed by atoms with E-state index >= 15 is 0 Å². The van der Waals surface area contributed by atoms with E-state index in [4.69, 9.17) is 5.73 Å². The molecule has 0 saturated carbocycles. The van der Waals surface area contributed by atoms with Crippen LogP contribution in [-0.2, 0) is 6.42 Å². The zero-order valence-corrected chi connectivity index (χ0v) is 13.0. The lowest BCUT2D eigenvalue weighted by Crippen LogP contribution is -2.03. The van der Waals surface area contributed by atoms with Crippen LogP contribution in [0.25, 0.3) is 10.9 Å². The maximum Gasteiger partial charge on any atom is 0.283 e. The van der Waals surface area contributed by atoms with Crippen LogP contribution in [-0.4, -0.2) is 21.6 Å². The van der Waals surface area contributed by atoms with Gasteiger partial charge >= 0.3 is 0 Å². The number of nitro groups is 1. The van der Waals surface area contributed by atoms with Crippen molar-refractivity contribution in [2.24, 2.45) is 5.73 Å². The standard InChI is InChI=1S/C16H15N3O3S/c17-8-7-11-12-9-10(20)5-6-13(12)18-16(11)23-15-4-2-1-3-14(15)19(21)22/h1-6,9,18,20H,7-8,17H2. The normalized spacial score (nSPS) is 11.0. The van der Waals surface area contributed by atoms with Crippen LogP contribution in [0.1, 0.15) is 5.56 Å². The monoisotopic (exact) mass is 329 g/mol. The lowest BCUT2D eigenvalue weighted by Gasteiger charge is -2.04. The second kappa shape index (κ2) is 6.31. The number of nitro benzene ring substituents is 1. The number of para-hydroxylation sites is 1. The molecular formula is C16H15N3O3S. The van der Waals surface area contributed by atoms with Gasteiger partial charge in [-0.25, -0.2) is 0 Å². The number of nitrogens with two attached hydrogens (primary N) is 1. The SMILES string of the molecule is NCCc1c(Sc2ccccc2[N+](=O)[O-])[nH]c2ccc(O)cc12. The first-order valence-corrected chi connectivity index (χ1v) is 7.86. The van der Waals surface area contributed by atoms with E-state index in [2.05, 4.69) is 4.98 Å². The van der Waals surface area contributed by atoms with Gasteiger partial charge in [0.1, 0.15) is 5.75 Å². The van der Waals surface area contributed by atoms with Gasteiger partial charge in [0.15, 0.2) is 0 Å². The topological polar surface area (TPSA) is 105 Å². The van der Waals surface area contributed by atoms with Crippen molar-refractivity contribution in [2.45, 2.75) is 16.3 Å². The lowest BCUT2D eigenvalue weighted by atomic mass is 10.1. The van der Waals surface area contributed by atoms with Gasteiger partial charge in [-0.05, 0) is 42.8 Å². The molecule has 118 valence electrons. The van der Waals surface area contributed by atoms with Crippen molar-refractivity contribution in [3.63, 3.8) is 0 Å². The van der Waals surface area contributed by atoms with E-state index in [1.165, 1.54) is 17.8 Å². The van der Waals surface area contributed by atoms with E-state index < -0.39 is 0 Å². The minimum atomic E-state index is -0.389. The quantitative estimate of drug-likeness (QED) is 0.491. The second-order valence-corrected chi connectivity index (χ2v) is 6.08. The highest BCUT2D eigenvalue weighted by Crippen LogP contribution is 2.39. The Kier molecular flexibility index (Phi) is 4.22. The second-order valence-electron chi connectivity index (χ2n) is 5.03. The molecule has 0 radical (unpaired) electrons. The van der Waals surface area contributed by atoms with Crippen LogP contribution in [0.5, 0.6) is 5.75 Å². The van der Waals surface area contributed by atoms with E-state index in [0.29, 0.717) is 17.9 Å². The van der Waals surface area contributed by atoms with Crippen molar-refractivity contribution in [2.75, 3.05) is 6.54 Å². The highest BCUT2D eigenvalue weighted by Gasteiger charge is 2.18. The van der Waals surface area contributed by atoms with Crippen molar-refractivity contribution < 1.29 is 10.0 Å². The van der Waals surface area contributed by atoms with E-state index in [1.54, 1.807) is 36.4 Å². The number of phenolic OH excluding ortho intramolecular Hbond substituents is 1. The fraction of sp³-hybridized carbons (Fsp3) is 0.125. The summed E-state index contributed by atoms with van der Waals surface area (Å²) in [5.74, 6) is 0.178. The van der Waals surface area contributed by atoms with Crippen LogP contribution >= 0.6 is 11.8 Å². The average molecular weight is 329 g/mol. The molecule has 7 heteroatoms. The van der Waals surface area contributed by atoms with Crippen molar-refractivity contribution >= 4 is 28.4 Å². The van der Waals surface area contributed by atoms with Crippen LogP contribution in [0.3, 0.4) is 0 Å². The van der Waals surface area contributed by atoms with Gasteiger partial charge in [0.2, 0.25) is 0 Å². The zero-order valence-electron chi connectivity index (χ0n) is 12.2. The molecule has 0 saturated heterocycles. The van der Waals surface area contributed by atoms with Gasteiger partial charge in [0.25, 0.3) is 5.69 Å². The van der Waals surface area contributed by atoms with Gasteiger partial charge in [-0.2, -0.15) is 0 Å². The summed E-state index contributed by atoms with van der Waals surface area (Å²) < 4.78 is 0. The minimum Gasteiger partial charge on any atom is -0.508 e. The van der Waals surface area contributed by atoms with Gasteiger partial charge in [-0.15, -0.1) is 0 Å². The third-order valence-electron chi connectivity index (χ3n) is 3.52. The summed E-state index contributed by atoms with van der Waals surface area (Å²) in [5.41, 5.74) is 7.59. The minimum absolute atomic E-state index is 0.0673. The Morgan fingerprint density at radius 2 is 2.04 bits per heavy atom.